The summed E-state index contributed by atoms with van der Waals surface area (Å²) >= 11 is 0. The fourth-order valence-corrected chi connectivity index (χ4v) is 3.50. The molecule has 28 heavy (non-hydrogen) atoms. The Morgan fingerprint density at radius 2 is 1.61 bits per heavy atom. The molecular formula is C20H23NO6S. The summed E-state index contributed by atoms with van der Waals surface area (Å²) in [6.07, 6.45) is 0.860. The van der Waals surface area contributed by atoms with Crippen molar-refractivity contribution in [1.82, 2.24) is 4.31 Å². The average molecular weight is 405 g/mol. The molecule has 0 aromatic heterocycles. The van der Waals surface area contributed by atoms with Crippen molar-refractivity contribution in [2.24, 2.45) is 0 Å². The molecule has 0 amide bonds. The van der Waals surface area contributed by atoms with E-state index >= 15 is 0 Å². The van der Waals surface area contributed by atoms with Gasteiger partial charge in [0.25, 0.3) is 0 Å². The number of nitrogens with zero attached hydrogens (tertiary/aromatic N) is 1. The third-order valence-electron chi connectivity index (χ3n) is 4.18. The van der Waals surface area contributed by atoms with E-state index in [0.717, 1.165) is 16.3 Å². The average Bonchev–Trinajstić information content (AvgIpc) is 2.71. The van der Waals surface area contributed by atoms with Gasteiger partial charge < -0.3 is 9.47 Å². The first-order valence-electron chi connectivity index (χ1n) is 8.60. The number of sulfonamides is 1. The summed E-state index contributed by atoms with van der Waals surface area (Å²) in [6.45, 7) is 1.57. The number of benzene rings is 2. The van der Waals surface area contributed by atoms with Gasteiger partial charge in [-0.1, -0.05) is 31.2 Å². The van der Waals surface area contributed by atoms with Crippen LogP contribution in [0.25, 0.3) is 0 Å². The van der Waals surface area contributed by atoms with Crippen molar-refractivity contribution in [2.45, 2.75) is 18.2 Å². The number of esters is 1. The number of aryl methyl sites for hydroxylation is 1. The summed E-state index contributed by atoms with van der Waals surface area (Å²) < 4.78 is 36.0. The summed E-state index contributed by atoms with van der Waals surface area (Å²) in [6, 6.07) is 11.0. The van der Waals surface area contributed by atoms with E-state index in [1.807, 2.05) is 19.1 Å². The topological polar surface area (TPSA) is 90.0 Å². The van der Waals surface area contributed by atoms with E-state index in [0.29, 0.717) is 5.56 Å². The fourth-order valence-electron chi connectivity index (χ4n) is 2.43. The molecular weight excluding hydrogens is 382 g/mol. The molecule has 0 bridgehead atoms. The van der Waals surface area contributed by atoms with Gasteiger partial charge in [0.05, 0.1) is 12.7 Å². The van der Waals surface area contributed by atoms with E-state index < -0.39 is 22.6 Å². The van der Waals surface area contributed by atoms with Crippen LogP contribution in [-0.2, 0) is 21.2 Å². The molecule has 0 saturated heterocycles. The number of carbonyl (C=O) groups excluding carboxylic acids is 2. The van der Waals surface area contributed by atoms with E-state index in [2.05, 4.69) is 0 Å². The van der Waals surface area contributed by atoms with Crippen molar-refractivity contribution in [3.8, 4) is 5.75 Å². The van der Waals surface area contributed by atoms with Crippen molar-refractivity contribution < 1.29 is 27.5 Å². The molecule has 0 atom stereocenters. The number of hydrogen-bond donors (Lipinski definition) is 0. The van der Waals surface area contributed by atoms with Gasteiger partial charge >= 0.3 is 5.97 Å². The van der Waals surface area contributed by atoms with Crippen LogP contribution in [0.1, 0.15) is 33.2 Å². The second kappa shape index (κ2) is 8.99. The molecule has 0 aliphatic rings. The highest BCUT2D eigenvalue weighted by atomic mass is 32.2. The Balaban J connectivity index is 2.16. The lowest BCUT2D eigenvalue weighted by molar-refractivity contribution is 0.0474. The molecule has 0 saturated carbocycles. The zero-order valence-electron chi connectivity index (χ0n) is 16.3. The fraction of sp³-hybridized carbons (Fsp3) is 0.300. The maximum atomic E-state index is 12.4. The number of Topliss-reactive ketones (excluding diaryl/α,β-unsaturated/α-hetero) is 1. The number of rotatable bonds is 8. The first-order chi connectivity index (χ1) is 13.2. The SMILES string of the molecule is CCc1ccc(C(=O)COC(=O)c2ccc(OC)c(S(=O)(=O)N(C)C)c2)cc1. The van der Waals surface area contributed by atoms with Crippen LogP contribution in [0.4, 0.5) is 0 Å². The van der Waals surface area contributed by atoms with Crippen LogP contribution < -0.4 is 4.74 Å². The lowest BCUT2D eigenvalue weighted by atomic mass is 10.1. The van der Waals surface area contributed by atoms with Crippen LogP contribution in [0.3, 0.4) is 0 Å². The summed E-state index contributed by atoms with van der Waals surface area (Å²) in [4.78, 5) is 24.3. The zero-order valence-corrected chi connectivity index (χ0v) is 17.1. The van der Waals surface area contributed by atoms with Crippen molar-refractivity contribution >= 4 is 21.8 Å². The molecule has 2 aromatic carbocycles. The molecule has 0 aliphatic heterocycles. The summed E-state index contributed by atoms with van der Waals surface area (Å²) in [5.41, 5.74) is 1.55. The highest BCUT2D eigenvalue weighted by Gasteiger charge is 2.24. The predicted molar refractivity (Wildman–Crippen MR) is 104 cm³/mol. The van der Waals surface area contributed by atoms with Crippen molar-refractivity contribution in [2.75, 3.05) is 27.8 Å². The third kappa shape index (κ3) is 4.76. The third-order valence-corrected chi connectivity index (χ3v) is 6.01. The molecule has 0 heterocycles. The molecule has 0 fully saturated rings. The Morgan fingerprint density at radius 3 is 2.14 bits per heavy atom. The first kappa shape index (κ1) is 21.6. The molecule has 0 aliphatic carbocycles. The maximum absolute atomic E-state index is 12.4. The van der Waals surface area contributed by atoms with Gasteiger partial charge in [0, 0.05) is 19.7 Å². The van der Waals surface area contributed by atoms with Gasteiger partial charge in [-0.05, 0) is 30.2 Å². The van der Waals surface area contributed by atoms with Gasteiger partial charge in [0.15, 0.2) is 12.4 Å². The second-order valence-corrected chi connectivity index (χ2v) is 8.32. The molecule has 0 N–H and O–H groups in total. The van der Waals surface area contributed by atoms with Crippen LogP contribution in [0.5, 0.6) is 5.75 Å². The minimum absolute atomic E-state index is 0.00959. The normalized spacial score (nSPS) is 11.3. The van der Waals surface area contributed by atoms with Gasteiger partial charge in [-0.25, -0.2) is 17.5 Å². The zero-order chi connectivity index (χ0) is 20.9. The number of methoxy groups -OCH3 is 1. The number of hydrogen-bond acceptors (Lipinski definition) is 6. The Morgan fingerprint density at radius 1 is 1.00 bits per heavy atom. The molecule has 150 valence electrons. The van der Waals surface area contributed by atoms with Gasteiger partial charge in [0.2, 0.25) is 10.0 Å². The van der Waals surface area contributed by atoms with Gasteiger partial charge in [-0.15, -0.1) is 0 Å². The van der Waals surface area contributed by atoms with Gasteiger partial charge in [-0.3, -0.25) is 4.79 Å². The van der Waals surface area contributed by atoms with Gasteiger partial charge in [-0.2, -0.15) is 0 Å². The number of ether oxygens (including phenoxy) is 2. The molecule has 2 rings (SSSR count). The van der Waals surface area contributed by atoms with E-state index in [1.165, 1.54) is 39.4 Å². The summed E-state index contributed by atoms with van der Waals surface area (Å²) in [5, 5.41) is 0. The van der Waals surface area contributed by atoms with Crippen molar-refractivity contribution in [1.29, 1.82) is 0 Å². The molecule has 7 nitrogen and oxygen atoms in total. The standard InChI is InChI=1S/C20H23NO6S/c1-5-14-6-8-15(9-7-14)17(22)13-27-20(23)16-10-11-18(26-4)19(12-16)28(24,25)21(2)3/h6-12H,5,13H2,1-4H3. The van der Waals surface area contributed by atoms with E-state index in [9.17, 15) is 18.0 Å². The van der Waals surface area contributed by atoms with Crippen LogP contribution >= 0.6 is 0 Å². The Hall–Kier alpha value is -2.71. The second-order valence-electron chi connectivity index (χ2n) is 6.20. The summed E-state index contributed by atoms with van der Waals surface area (Å²) in [7, 11) is 0.269. The van der Waals surface area contributed by atoms with Crippen LogP contribution in [0.15, 0.2) is 47.4 Å². The van der Waals surface area contributed by atoms with Crippen LogP contribution in [0.2, 0.25) is 0 Å². The minimum Gasteiger partial charge on any atom is -0.495 e. The molecule has 0 radical (unpaired) electrons. The molecule has 2 aromatic rings. The van der Waals surface area contributed by atoms with Crippen LogP contribution in [0, 0.1) is 0 Å². The number of carbonyl (C=O) groups is 2. The van der Waals surface area contributed by atoms with Crippen molar-refractivity contribution in [3.05, 3.63) is 59.2 Å². The van der Waals surface area contributed by atoms with E-state index in [4.69, 9.17) is 9.47 Å². The Bertz CT molecular complexity index is 965. The quantitative estimate of drug-likeness (QED) is 0.495. The molecule has 8 heteroatoms. The Labute approximate surface area is 164 Å². The molecule has 0 spiro atoms. The smallest absolute Gasteiger partial charge is 0.338 e. The first-order valence-corrected chi connectivity index (χ1v) is 10.0. The maximum Gasteiger partial charge on any atom is 0.338 e. The van der Waals surface area contributed by atoms with Gasteiger partial charge in [0.1, 0.15) is 10.6 Å². The van der Waals surface area contributed by atoms with E-state index in [1.54, 1.807) is 12.1 Å². The Kier molecular flexibility index (Phi) is 6.93. The largest absolute Gasteiger partial charge is 0.495 e. The highest BCUT2D eigenvalue weighted by Crippen LogP contribution is 2.27. The highest BCUT2D eigenvalue weighted by molar-refractivity contribution is 7.89. The predicted octanol–water partition coefficient (Wildman–Crippen LogP) is 2.55. The lowest BCUT2D eigenvalue weighted by Crippen LogP contribution is -2.23. The minimum atomic E-state index is -3.82. The van der Waals surface area contributed by atoms with Crippen molar-refractivity contribution in [3.63, 3.8) is 0 Å². The lowest BCUT2D eigenvalue weighted by Gasteiger charge is -2.15. The van der Waals surface area contributed by atoms with Crippen LogP contribution in [-0.4, -0.2) is 52.3 Å². The number of ketones is 1. The molecule has 0 unspecified atom stereocenters. The van der Waals surface area contributed by atoms with E-state index in [-0.39, 0.29) is 22.0 Å². The monoisotopic (exact) mass is 405 g/mol. The summed E-state index contributed by atoms with van der Waals surface area (Å²) in [5.74, 6) is -1.03.